The number of aliphatic hydroxyl groups is 2. The molecule has 2 rings (SSSR count). The standard InChI is InChI=1S/C28H35FO7/c1-17-11-18(2)23(24(12-17)20-7-10-25(29)19(3)13-20)9-8-21(30)14-22(31)15-26(32)34-16-35-27(33)36-28(4,5)6/h7-13,21-22,30-31H,14-16H2,1-6H3/b9-8+/t21-,22-/m1/s1. The number of carbonyl (C=O) groups excluding carboxylic acids is 2. The van der Waals surface area contributed by atoms with E-state index in [0.717, 1.165) is 27.8 Å². The van der Waals surface area contributed by atoms with Gasteiger partial charge in [0.05, 0.1) is 18.6 Å². The van der Waals surface area contributed by atoms with Crippen LogP contribution in [-0.4, -0.2) is 46.9 Å². The Morgan fingerprint density at radius 2 is 1.72 bits per heavy atom. The zero-order chi connectivity index (χ0) is 27.0. The van der Waals surface area contributed by atoms with E-state index in [1.165, 1.54) is 12.1 Å². The van der Waals surface area contributed by atoms with Gasteiger partial charge in [0.2, 0.25) is 6.79 Å². The van der Waals surface area contributed by atoms with E-state index >= 15 is 0 Å². The minimum atomic E-state index is -1.17. The first-order chi connectivity index (χ1) is 16.7. The third kappa shape index (κ3) is 9.43. The van der Waals surface area contributed by atoms with Crippen molar-refractivity contribution in [3.8, 4) is 11.1 Å². The average molecular weight is 503 g/mol. The smallest absolute Gasteiger partial charge is 0.428 e. The van der Waals surface area contributed by atoms with Gasteiger partial charge in [-0.3, -0.25) is 4.79 Å². The van der Waals surface area contributed by atoms with E-state index in [1.54, 1.807) is 45.9 Å². The Bertz CT molecular complexity index is 1100. The van der Waals surface area contributed by atoms with Gasteiger partial charge in [0.1, 0.15) is 11.4 Å². The lowest BCUT2D eigenvalue weighted by atomic mass is 9.92. The lowest BCUT2D eigenvalue weighted by molar-refractivity contribution is -0.156. The molecule has 2 aromatic rings. The molecule has 0 aliphatic carbocycles. The molecular weight excluding hydrogens is 467 g/mol. The summed E-state index contributed by atoms with van der Waals surface area (Å²) in [5.74, 6) is -1.06. The SMILES string of the molecule is Cc1cc(C)c(/C=C/[C@@H](O)C[C@@H](O)CC(=O)OCOC(=O)OC(C)(C)C)c(-c2ccc(F)c(C)c2)c1. The highest BCUT2D eigenvalue weighted by atomic mass is 19.1. The van der Waals surface area contributed by atoms with E-state index in [2.05, 4.69) is 4.74 Å². The number of benzene rings is 2. The molecule has 0 saturated heterocycles. The number of ether oxygens (including phenoxy) is 3. The summed E-state index contributed by atoms with van der Waals surface area (Å²) in [6, 6.07) is 8.93. The van der Waals surface area contributed by atoms with E-state index < -0.39 is 36.7 Å². The van der Waals surface area contributed by atoms with E-state index in [9.17, 15) is 24.2 Å². The highest BCUT2D eigenvalue weighted by Crippen LogP contribution is 2.30. The first kappa shape index (κ1) is 29.0. The van der Waals surface area contributed by atoms with Crippen molar-refractivity contribution in [1.29, 1.82) is 0 Å². The Kier molecular flexibility index (Phi) is 10.2. The van der Waals surface area contributed by atoms with Gasteiger partial charge in [0.25, 0.3) is 0 Å². The summed E-state index contributed by atoms with van der Waals surface area (Å²) in [5.41, 5.74) is 4.43. The number of hydrogen-bond donors (Lipinski definition) is 2. The topological polar surface area (TPSA) is 102 Å². The van der Waals surface area contributed by atoms with Crippen molar-refractivity contribution in [2.24, 2.45) is 0 Å². The Morgan fingerprint density at radius 1 is 1.03 bits per heavy atom. The predicted octanol–water partition coefficient (Wildman–Crippen LogP) is 5.39. The van der Waals surface area contributed by atoms with Crippen LogP contribution < -0.4 is 0 Å². The van der Waals surface area contributed by atoms with Crippen LogP contribution in [0.15, 0.2) is 36.4 Å². The molecule has 7 nitrogen and oxygen atoms in total. The van der Waals surface area contributed by atoms with Crippen molar-refractivity contribution in [3.05, 3.63) is 64.5 Å². The van der Waals surface area contributed by atoms with E-state index in [-0.39, 0.29) is 18.7 Å². The van der Waals surface area contributed by atoms with Gasteiger partial charge in [-0.2, -0.15) is 0 Å². The maximum Gasteiger partial charge on any atom is 0.511 e. The van der Waals surface area contributed by atoms with Gasteiger partial charge < -0.3 is 24.4 Å². The summed E-state index contributed by atoms with van der Waals surface area (Å²) in [7, 11) is 0. The Morgan fingerprint density at radius 3 is 2.36 bits per heavy atom. The zero-order valence-corrected chi connectivity index (χ0v) is 21.6. The van der Waals surface area contributed by atoms with Crippen molar-refractivity contribution in [3.63, 3.8) is 0 Å². The molecule has 0 fully saturated rings. The number of aryl methyl sites for hydroxylation is 3. The van der Waals surface area contributed by atoms with Gasteiger partial charge in [0.15, 0.2) is 0 Å². The summed E-state index contributed by atoms with van der Waals surface area (Å²) in [6.45, 7) is 9.99. The molecule has 0 radical (unpaired) electrons. The number of rotatable bonds is 9. The highest BCUT2D eigenvalue weighted by molar-refractivity contribution is 5.78. The van der Waals surface area contributed by atoms with Crippen LogP contribution in [0.1, 0.15) is 55.9 Å². The van der Waals surface area contributed by atoms with Crippen LogP contribution in [0, 0.1) is 26.6 Å². The molecule has 2 atom stereocenters. The summed E-state index contributed by atoms with van der Waals surface area (Å²) in [5, 5.41) is 20.6. The van der Waals surface area contributed by atoms with Gasteiger partial charge >= 0.3 is 12.1 Å². The van der Waals surface area contributed by atoms with Crippen LogP contribution in [0.4, 0.5) is 9.18 Å². The van der Waals surface area contributed by atoms with Crippen LogP contribution in [0.25, 0.3) is 17.2 Å². The molecule has 0 amide bonds. The van der Waals surface area contributed by atoms with Gasteiger partial charge in [-0.25, -0.2) is 9.18 Å². The van der Waals surface area contributed by atoms with Gasteiger partial charge in [0, 0.05) is 6.42 Å². The monoisotopic (exact) mass is 502 g/mol. The van der Waals surface area contributed by atoms with E-state index in [0.29, 0.717) is 5.56 Å². The lowest BCUT2D eigenvalue weighted by Crippen LogP contribution is -2.26. The fraction of sp³-hybridized carbons (Fsp3) is 0.429. The third-order valence-electron chi connectivity index (χ3n) is 5.19. The number of hydrogen-bond acceptors (Lipinski definition) is 7. The molecule has 0 aromatic heterocycles. The zero-order valence-electron chi connectivity index (χ0n) is 21.6. The second-order valence-corrected chi connectivity index (χ2v) is 9.77. The average Bonchev–Trinajstić information content (AvgIpc) is 2.73. The highest BCUT2D eigenvalue weighted by Gasteiger charge is 2.19. The first-order valence-electron chi connectivity index (χ1n) is 11.7. The molecule has 0 spiro atoms. The second-order valence-electron chi connectivity index (χ2n) is 9.77. The fourth-order valence-electron chi connectivity index (χ4n) is 3.57. The summed E-state index contributed by atoms with van der Waals surface area (Å²) in [6.07, 6.45) is -0.365. The maximum atomic E-state index is 13.8. The molecule has 0 aliphatic rings. The summed E-state index contributed by atoms with van der Waals surface area (Å²) < 4.78 is 28.1. The molecule has 0 unspecified atom stereocenters. The van der Waals surface area contributed by atoms with Crippen molar-refractivity contribution >= 4 is 18.2 Å². The molecule has 36 heavy (non-hydrogen) atoms. The van der Waals surface area contributed by atoms with Gasteiger partial charge in [-0.05, 0) is 81.5 Å². The quantitative estimate of drug-likeness (QED) is 0.350. The largest absolute Gasteiger partial charge is 0.511 e. The van der Waals surface area contributed by atoms with E-state index in [4.69, 9.17) is 9.47 Å². The van der Waals surface area contributed by atoms with Crippen molar-refractivity contribution in [1.82, 2.24) is 0 Å². The van der Waals surface area contributed by atoms with Crippen molar-refractivity contribution < 1.29 is 38.4 Å². The number of aliphatic hydroxyl groups excluding tert-OH is 2. The van der Waals surface area contributed by atoms with E-state index in [1.807, 2.05) is 26.0 Å². The molecule has 2 N–H and O–H groups in total. The molecule has 0 saturated carbocycles. The minimum absolute atomic E-state index is 0.103. The van der Waals surface area contributed by atoms with Crippen LogP contribution in [0.3, 0.4) is 0 Å². The normalized spacial score (nSPS) is 13.4. The summed E-state index contributed by atoms with van der Waals surface area (Å²) in [4.78, 5) is 23.3. The van der Waals surface area contributed by atoms with Crippen LogP contribution >= 0.6 is 0 Å². The van der Waals surface area contributed by atoms with Crippen LogP contribution in [0.2, 0.25) is 0 Å². The first-order valence-corrected chi connectivity index (χ1v) is 11.7. The number of halogens is 1. The second kappa shape index (κ2) is 12.6. The molecule has 0 aliphatic heterocycles. The molecular formula is C28H35FO7. The fourth-order valence-corrected chi connectivity index (χ4v) is 3.57. The molecule has 8 heteroatoms. The Hall–Kier alpha value is -3.23. The molecule has 0 bridgehead atoms. The number of esters is 1. The summed E-state index contributed by atoms with van der Waals surface area (Å²) >= 11 is 0. The minimum Gasteiger partial charge on any atom is -0.428 e. The van der Waals surface area contributed by atoms with Crippen molar-refractivity contribution in [2.45, 2.75) is 72.2 Å². The maximum absolute atomic E-state index is 13.8. The molecule has 0 heterocycles. The lowest BCUT2D eigenvalue weighted by Gasteiger charge is -2.18. The van der Waals surface area contributed by atoms with Crippen LogP contribution in [-0.2, 0) is 19.0 Å². The molecule has 2 aromatic carbocycles. The predicted molar refractivity (Wildman–Crippen MR) is 135 cm³/mol. The Balaban J connectivity index is 1.97. The number of carbonyl (C=O) groups is 2. The van der Waals surface area contributed by atoms with Crippen molar-refractivity contribution in [2.75, 3.05) is 6.79 Å². The van der Waals surface area contributed by atoms with Gasteiger partial charge in [-0.1, -0.05) is 35.9 Å². The van der Waals surface area contributed by atoms with Gasteiger partial charge in [-0.15, -0.1) is 0 Å². The third-order valence-corrected chi connectivity index (χ3v) is 5.19. The van der Waals surface area contributed by atoms with Crippen LogP contribution in [0.5, 0.6) is 0 Å². The Labute approximate surface area is 211 Å². The molecule has 196 valence electrons.